The summed E-state index contributed by atoms with van der Waals surface area (Å²) >= 11 is 3.35. The molecule has 3 heteroatoms. The molecule has 0 saturated carbocycles. The molecule has 106 valence electrons. The Bertz CT molecular complexity index is 542. The maximum atomic E-state index is 13.6. The van der Waals surface area contributed by atoms with E-state index in [0.717, 1.165) is 24.9 Å². The van der Waals surface area contributed by atoms with Crippen LogP contribution in [0.1, 0.15) is 30.5 Å². The number of hydrogen-bond acceptors (Lipinski definition) is 1. The van der Waals surface area contributed by atoms with Gasteiger partial charge in [-0.15, -0.1) is 0 Å². The van der Waals surface area contributed by atoms with Gasteiger partial charge in [0, 0.05) is 6.04 Å². The molecule has 2 aromatic carbocycles. The molecule has 1 N–H and O–H groups in total. The van der Waals surface area contributed by atoms with Crippen LogP contribution in [0.2, 0.25) is 0 Å². The number of nitrogens with one attached hydrogen (secondary N) is 1. The molecule has 0 aliphatic rings. The van der Waals surface area contributed by atoms with Gasteiger partial charge >= 0.3 is 0 Å². The molecular weight excluding hydrogens is 317 g/mol. The molecular formula is C17H19BrFN. The zero-order valence-corrected chi connectivity index (χ0v) is 13.2. The second-order valence-corrected chi connectivity index (χ2v) is 5.63. The fourth-order valence-electron chi connectivity index (χ4n) is 2.24. The van der Waals surface area contributed by atoms with Crippen LogP contribution in [0.3, 0.4) is 0 Å². The number of hydrogen-bond donors (Lipinski definition) is 1. The maximum Gasteiger partial charge on any atom is 0.137 e. The van der Waals surface area contributed by atoms with Gasteiger partial charge in [0.25, 0.3) is 0 Å². The van der Waals surface area contributed by atoms with Crippen LogP contribution >= 0.6 is 15.9 Å². The quantitative estimate of drug-likeness (QED) is 0.793. The van der Waals surface area contributed by atoms with Crippen LogP contribution in [-0.2, 0) is 6.42 Å². The van der Waals surface area contributed by atoms with Crippen molar-refractivity contribution in [1.82, 2.24) is 5.32 Å². The third-order valence-corrected chi connectivity index (χ3v) is 4.19. The predicted molar refractivity (Wildman–Crippen MR) is 85.3 cm³/mol. The lowest BCUT2D eigenvalue weighted by molar-refractivity contribution is 0.526. The Hall–Kier alpha value is -1.19. The summed E-state index contributed by atoms with van der Waals surface area (Å²) in [7, 11) is 0. The lowest BCUT2D eigenvalue weighted by atomic mass is 9.98. The van der Waals surface area contributed by atoms with E-state index in [2.05, 4.69) is 40.3 Å². The average molecular weight is 336 g/mol. The van der Waals surface area contributed by atoms with E-state index in [1.807, 2.05) is 24.3 Å². The summed E-state index contributed by atoms with van der Waals surface area (Å²) in [5, 5.41) is 3.54. The fourth-order valence-corrected chi connectivity index (χ4v) is 2.66. The van der Waals surface area contributed by atoms with E-state index in [4.69, 9.17) is 0 Å². The first-order valence-corrected chi connectivity index (χ1v) is 7.73. The zero-order chi connectivity index (χ0) is 14.4. The molecule has 1 atom stereocenters. The van der Waals surface area contributed by atoms with Crippen LogP contribution in [0, 0.1) is 5.82 Å². The summed E-state index contributed by atoms with van der Waals surface area (Å²) in [6, 6.07) is 15.7. The van der Waals surface area contributed by atoms with Gasteiger partial charge in [0.1, 0.15) is 5.82 Å². The number of halogens is 2. The molecule has 1 unspecified atom stereocenters. The van der Waals surface area contributed by atoms with E-state index < -0.39 is 0 Å². The van der Waals surface area contributed by atoms with E-state index in [1.165, 1.54) is 11.6 Å². The van der Waals surface area contributed by atoms with Gasteiger partial charge in [0.2, 0.25) is 0 Å². The minimum Gasteiger partial charge on any atom is -0.310 e. The van der Waals surface area contributed by atoms with Crippen molar-refractivity contribution >= 4 is 15.9 Å². The van der Waals surface area contributed by atoms with Crippen LogP contribution < -0.4 is 5.32 Å². The van der Waals surface area contributed by atoms with Gasteiger partial charge in [-0.25, -0.2) is 4.39 Å². The molecule has 0 heterocycles. The third kappa shape index (κ3) is 3.90. The van der Waals surface area contributed by atoms with E-state index in [9.17, 15) is 4.39 Å². The number of benzene rings is 2. The van der Waals surface area contributed by atoms with Crippen molar-refractivity contribution in [2.75, 3.05) is 6.54 Å². The Kier molecular flexibility index (Phi) is 5.74. The molecule has 0 aliphatic carbocycles. The topological polar surface area (TPSA) is 12.0 Å². The van der Waals surface area contributed by atoms with Gasteiger partial charge in [-0.3, -0.25) is 0 Å². The Morgan fingerprint density at radius 1 is 1.10 bits per heavy atom. The third-order valence-electron chi connectivity index (χ3n) is 3.30. The molecule has 1 nitrogen and oxygen atoms in total. The summed E-state index contributed by atoms with van der Waals surface area (Å²) in [5.41, 5.74) is 2.22. The first-order valence-electron chi connectivity index (χ1n) is 6.93. The van der Waals surface area contributed by atoms with Crippen LogP contribution in [0.4, 0.5) is 4.39 Å². The van der Waals surface area contributed by atoms with E-state index in [1.54, 1.807) is 6.07 Å². The minimum absolute atomic E-state index is 0.203. The molecule has 0 amide bonds. The average Bonchev–Trinajstić information content (AvgIpc) is 2.48. The van der Waals surface area contributed by atoms with Crippen molar-refractivity contribution < 1.29 is 4.39 Å². The van der Waals surface area contributed by atoms with Crippen LogP contribution in [0.15, 0.2) is 53.0 Å². The second-order valence-electron chi connectivity index (χ2n) is 4.83. The predicted octanol–water partition coefficient (Wildman–Crippen LogP) is 4.87. The van der Waals surface area contributed by atoms with Gasteiger partial charge in [-0.1, -0.05) is 49.4 Å². The Morgan fingerprint density at radius 2 is 1.85 bits per heavy atom. The highest BCUT2D eigenvalue weighted by atomic mass is 79.9. The van der Waals surface area contributed by atoms with Crippen molar-refractivity contribution in [3.63, 3.8) is 0 Å². The van der Waals surface area contributed by atoms with Crippen molar-refractivity contribution in [1.29, 1.82) is 0 Å². The summed E-state index contributed by atoms with van der Waals surface area (Å²) < 4.78 is 14.2. The summed E-state index contributed by atoms with van der Waals surface area (Å²) in [6.07, 6.45) is 1.84. The van der Waals surface area contributed by atoms with Gasteiger partial charge in [0.15, 0.2) is 0 Å². The molecule has 0 bridgehead atoms. The van der Waals surface area contributed by atoms with Crippen LogP contribution in [-0.4, -0.2) is 6.54 Å². The molecule has 20 heavy (non-hydrogen) atoms. The molecule has 2 rings (SSSR count). The Labute approximate surface area is 128 Å². The SMILES string of the molecule is CCCNC(Cc1cccc(F)c1Br)c1ccccc1. The lowest BCUT2D eigenvalue weighted by Crippen LogP contribution is -2.24. The Morgan fingerprint density at radius 3 is 2.55 bits per heavy atom. The molecule has 0 aromatic heterocycles. The van der Waals surface area contributed by atoms with Crippen LogP contribution in [0.25, 0.3) is 0 Å². The summed E-state index contributed by atoms with van der Waals surface area (Å²) in [6.45, 7) is 3.10. The van der Waals surface area contributed by atoms with Crippen molar-refractivity contribution in [3.05, 3.63) is 69.9 Å². The normalized spacial score (nSPS) is 12.3. The molecule has 0 saturated heterocycles. The molecule has 0 aliphatic heterocycles. The number of rotatable bonds is 6. The molecule has 0 radical (unpaired) electrons. The van der Waals surface area contributed by atoms with Gasteiger partial charge < -0.3 is 5.32 Å². The summed E-state index contributed by atoms with van der Waals surface area (Å²) in [5.74, 6) is -0.204. The van der Waals surface area contributed by atoms with Crippen LogP contribution in [0.5, 0.6) is 0 Å². The monoisotopic (exact) mass is 335 g/mol. The highest BCUT2D eigenvalue weighted by Gasteiger charge is 2.14. The van der Waals surface area contributed by atoms with Crippen molar-refractivity contribution in [2.45, 2.75) is 25.8 Å². The fraction of sp³-hybridized carbons (Fsp3) is 0.294. The standard InChI is InChI=1S/C17H19BrFN/c1-2-11-20-16(13-7-4-3-5-8-13)12-14-9-6-10-15(19)17(14)18/h3-10,16,20H,2,11-12H2,1H3. The first kappa shape index (κ1) is 15.2. The van der Waals surface area contributed by atoms with Crippen molar-refractivity contribution in [2.24, 2.45) is 0 Å². The van der Waals surface area contributed by atoms with Crippen molar-refractivity contribution in [3.8, 4) is 0 Å². The van der Waals surface area contributed by atoms with Gasteiger partial charge in [-0.05, 0) is 52.5 Å². The first-order chi connectivity index (χ1) is 9.72. The van der Waals surface area contributed by atoms with Gasteiger partial charge in [-0.2, -0.15) is 0 Å². The molecule has 0 spiro atoms. The second kappa shape index (κ2) is 7.55. The van der Waals surface area contributed by atoms with E-state index in [-0.39, 0.29) is 11.9 Å². The zero-order valence-electron chi connectivity index (χ0n) is 11.6. The Balaban J connectivity index is 2.21. The summed E-state index contributed by atoms with van der Waals surface area (Å²) in [4.78, 5) is 0. The molecule has 2 aromatic rings. The lowest BCUT2D eigenvalue weighted by Gasteiger charge is -2.20. The minimum atomic E-state index is -0.204. The molecule has 0 fully saturated rings. The maximum absolute atomic E-state index is 13.6. The van der Waals surface area contributed by atoms with E-state index >= 15 is 0 Å². The largest absolute Gasteiger partial charge is 0.310 e. The van der Waals surface area contributed by atoms with Gasteiger partial charge in [0.05, 0.1) is 4.47 Å². The van der Waals surface area contributed by atoms with E-state index in [0.29, 0.717) is 4.47 Å². The highest BCUT2D eigenvalue weighted by Crippen LogP contribution is 2.26. The smallest absolute Gasteiger partial charge is 0.137 e. The highest BCUT2D eigenvalue weighted by molar-refractivity contribution is 9.10.